The van der Waals surface area contributed by atoms with Gasteiger partial charge in [0.1, 0.15) is 6.61 Å². The highest BCUT2D eigenvalue weighted by atomic mass is 16.5. The number of amides is 3. The molecule has 0 aromatic heterocycles. The Bertz CT molecular complexity index is 568. The van der Waals surface area contributed by atoms with Gasteiger partial charge >= 0.3 is 12.2 Å². The van der Waals surface area contributed by atoms with Gasteiger partial charge in [-0.3, -0.25) is 4.79 Å². The van der Waals surface area contributed by atoms with Crippen LogP contribution in [-0.4, -0.2) is 48.9 Å². The summed E-state index contributed by atoms with van der Waals surface area (Å²) in [5, 5.41) is 16.2. The van der Waals surface area contributed by atoms with Crippen molar-refractivity contribution in [1.29, 1.82) is 0 Å². The highest BCUT2D eigenvalue weighted by Crippen LogP contribution is 2.02. The van der Waals surface area contributed by atoms with Crippen LogP contribution in [0.2, 0.25) is 0 Å². The van der Waals surface area contributed by atoms with Crippen LogP contribution < -0.4 is 21.7 Å². The molecule has 0 bridgehead atoms. The predicted octanol–water partition coefficient (Wildman–Crippen LogP) is 0.794. The number of rotatable bonds is 11. The minimum absolute atomic E-state index is 0.0186. The number of alkyl carbamates (subject to hydrolysis) is 1. The van der Waals surface area contributed by atoms with Gasteiger partial charge in [-0.25, -0.2) is 9.59 Å². The molecule has 0 aliphatic rings. The molecule has 0 spiro atoms. The van der Waals surface area contributed by atoms with E-state index in [0.717, 1.165) is 5.56 Å². The van der Waals surface area contributed by atoms with Crippen molar-refractivity contribution in [2.45, 2.75) is 31.9 Å². The number of carboxylic acid groups (broad SMARTS) is 1. The van der Waals surface area contributed by atoms with Crippen LogP contribution in [0.5, 0.6) is 0 Å². The first-order valence-corrected chi connectivity index (χ1v) is 8.42. The molecule has 0 fully saturated rings. The summed E-state index contributed by atoms with van der Waals surface area (Å²) in [5.74, 6) is -0.305. The molecule has 0 saturated heterocycles. The molecule has 1 aromatic rings. The number of carbonyl (C=O) groups is 3. The van der Waals surface area contributed by atoms with Gasteiger partial charge in [0.2, 0.25) is 5.91 Å². The summed E-state index contributed by atoms with van der Waals surface area (Å²) in [4.78, 5) is 34.1. The fourth-order valence-electron chi connectivity index (χ4n) is 2.20. The average Bonchev–Trinajstić information content (AvgIpc) is 2.62. The van der Waals surface area contributed by atoms with Crippen LogP contribution in [0.25, 0.3) is 0 Å². The lowest BCUT2D eigenvalue weighted by atomic mass is 10.1. The van der Waals surface area contributed by atoms with Crippen molar-refractivity contribution < 1.29 is 24.2 Å². The molecular weight excluding hydrogens is 340 g/mol. The first-order valence-electron chi connectivity index (χ1n) is 8.42. The third kappa shape index (κ3) is 10.1. The van der Waals surface area contributed by atoms with Gasteiger partial charge < -0.3 is 31.5 Å². The summed E-state index contributed by atoms with van der Waals surface area (Å²) in [6, 6.07) is 8.79. The van der Waals surface area contributed by atoms with Crippen LogP contribution in [0.15, 0.2) is 30.3 Å². The van der Waals surface area contributed by atoms with E-state index in [4.69, 9.17) is 15.6 Å². The highest BCUT2D eigenvalue weighted by molar-refractivity contribution is 5.77. The number of hydrogen-bond acceptors (Lipinski definition) is 5. The zero-order valence-electron chi connectivity index (χ0n) is 14.6. The number of ether oxygens (including phenoxy) is 1. The van der Waals surface area contributed by atoms with E-state index in [1.54, 1.807) is 0 Å². The Morgan fingerprint density at radius 3 is 2.46 bits per heavy atom. The minimum atomic E-state index is -1.18. The quantitative estimate of drug-likeness (QED) is 0.367. The summed E-state index contributed by atoms with van der Waals surface area (Å²) in [6.45, 7) is 1.02. The smallest absolute Gasteiger partial charge is 0.407 e. The lowest BCUT2D eigenvalue weighted by Gasteiger charge is -2.16. The summed E-state index contributed by atoms with van der Waals surface area (Å²) >= 11 is 0. The molecule has 9 heteroatoms. The van der Waals surface area contributed by atoms with E-state index in [1.807, 2.05) is 30.3 Å². The van der Waals surface area contributed by atoms with Crippen molar-refractivity contribution in [3.63, 3.8) is 0 Å². The summed E-state index contributed by atoms with van der Waals surface area (Å²) in [7, 11) is 0. The third-order valence-corrected chi connectivity index (χ3v) is 3.45. The molecule has 6 N–H and O–H groups in total. The standard InChI is InChI=1S/C17H26N4O5/c18-8-4-7-14(21-16(23)24)11-15(22)19-9-10-20-17(25)26-12-13-5-2-1-3-6-13/h1-3,5-6,14,21H,4,7-12,18H2,(H,19,22)(H,20,25)(H,23,24)/t14-/m0/s1. The number of benzene rings is 1. The zero-order chi connectivity index (χ0) is 19.2. The maximum atomic E-state index is 11.8. The maximum Gasteiger partial charge on any atom is 0.407 e. The first-order chi connectivity index (χ1) is 12.5. The first kappa shape index (κ1) is 21.2. The fourth-order valence-corrected chi connectivity index (χ4v) is 2.20. The van der Waals surface area contributed by atoms with Crippen LogP contribution in [0.4, 0.5) is 9.59 Å². The lowest BCUT2D eigenvalue weighted by Crippen LogP contribution is -2.40. The van der Waals surface area contributed by atoms with E-state index in [-0.39, 0.29) is 32.0 Å². The third-order valence-electron chi connectivity index (χ3n) is 3.45. The van der Waals surface area contributed by atoms with Crippen molar-refractivity contribution >= 4 is 18.1 Å². The van der Waals surface area contributed by atoms with Crippen LogP contribution in [0.3, 0.4) is 0 Å². The molecule has 0 aliphatic heterocycles. The SMILES string of the molecule is NCCC[C@@H](CC(=O)NCCNC(=O)OCc1ccccc1)NC(=O)O. The Morgan fingerprint density at radius 2 is 1.81 bits per heavy atom. The highest BCUT2D eigenvalue weighted by Gasteiger charge is 2.15. The number of hydrogen-bond donors (Lipinski definition) is 5. The van der Waals surface area contributed by atoms with E-state index in [1.165, 1.54) is 0 Å². The normalized spacial score (nSPS) is 11.3. The van der Waals surface area contributed by atoms with Crippen molar-refractivity contribution in [2.24, 2.45) is 5.73 Å². The Labute approximate surface area is 152 Å². The molecule has 1 aromatic carbocycles. The molecular formula is C17H26N4O5. The largest absolute Gasteiger partial charge is 0.465 e. The molecule has 0 unspecified atom stereocenters. The molecule has 1 atom stereocenters. The number of nitrogens with two attached hydrogens (primary N) is 1. The van der Waals surface area contributed by atoms with Crippen molar-refractivity contribution in [3.8, 4) is 0 Å². The zero-order valence-corrected chi connectivity index (χ0v) is 14.6. The van der Waals surface area contributed by atoms with Gasteiger partial charge in [-0.15, -0.1) is 0 Å². The van der Waals surface area contributed by atoms with Crippen molar-refractivity contribution in [2.75, 3.05) is 19.6 Å². The van der Waals surface area contributed by atoms with Gasteiger partial charge in [0.15, 0.2) is 0 Å². The Balaban J connectivity index is 2.17. The Morgan fingerprint density at radius 1 is 1.12 bits per heavy atom. The van der Waals surface area contributed by atoms with Gasteiger partial charge in [0.05, 0.1) is 0 Å². The molecule has 0 aliphatic carbocycles. The van der Waals surface area contributed by atoms with Crippen LogP contribution >= 0.6 is 0 Å². The van der Waals surface area contributed by atoms with Crippen LogP contribution in [0, 0.1) is 0 Å². The molecule has 0 heterocycles. The molecule has 9 nitrogen and oxygen atoms in total. The maximum absolute atomic E-state index is 11.8. The lowest BCUT2D eigenvalue weighted by molar-refractivity contribution is -0.121. The second kappa shape index (κ2) is 12.5. The average molecular weight is 366 g/mol. The van der Waals surface area contributed by atoms with Crippen molar-refractivity contribution in [1.82, 2.24) is 16.0 Å². The summed E-state index contributed by atoms with van der Waals surface area (Å²) < 4.78 is 5.04. The van der Waals surface area contributed by atoms with E-state index in [9.17, 15) is 14.4 Å². The van der Waals surface area contributed by atoms with E-state index < -0.39 is 18.2 Å². The van der Waals surface area contributed by atoms with E-state index >= 15 is 0 Å². The molecule has 0 saturated carbocycles. The topological polar surface area (TPSA) is 143 Å². The Hall–Kier alpha value is -2.81. The molecule has 144 valence electrons. The van der Waals surface area contributed by atoms with E-state index in [0.29, 0.717) is 19.4 Å². The number of carbonyl (C=O) groups excluding carboxylic acids is 2. The molecule has 26 heavy (non-hydrogen) atoms. The fraction of sp³-hybridized carbons (Fsp3) is 0.471. The Kier molecular flexibility index (Phi) is 10.2. The minimum Gasteiger partial charge on any atom is -0.465 e. The van der Waals surface area contributed by atoms with Crippen LogP contribution in [-0.2, 0) is 16.1 Å². The van der Waals surface area contributed by atoms with Gasteiger partial charge in [-0.1, -0.05) is 30.3 Å². The monoisotopic (exact) mass is 366 g/mol. The van der Waals surface area contributed by atoms with Gasteiger partial charge in [-0.05, 0) is 24.9 Å². The van der Waals surface area contributed by atoms with Gasteiger partial charge in [0, 0.05) is 25.6 Å². The second-order valence-electron chi connectivity index (χ2n) is 5.62. The van der Waals surface area contributed by atoms with Gasteiger partial charge in [0.25, 0.3) is 0 Å². The van der Waals surface area contributed by atoms with E-state index in [2.05, 4.69) is 16.0 Å². The predicted molar refractivity (Wildman–Crippen MR) is 95.5 cm³/mol. The summed E-state index contributed by atoms with van der Waals surface area (Å²) in [5.41, 5.74) is 6.28. The second-order valence-corrected chi connectivity index (χ2v) is 5.62. The van der Waals surface area contributed by atoms with Crippen LogP contribution in [0.1, 0.15) is 24.8 Å². The van der Waals surface area contributed by atoms with Crippen molar-refractivity contribution in [3.05, 3.63) is 35.9 Å². The molecule has 1 rings (SSSR count). The molecule has 3 amide bonds. The van der Waals surface area contributed by atoms with Gasteiger partial charge in [-0.2, -0.15) is 0 Å². The summed E-state index contributed by atoms with van der Waals surface area (Å²) in [6.07, 6.45) is -0.628. The number of nitrogens with one attached hydrogen (secondary N) is 3. The molecule has 0 radical (unpaired) electrons.